The van der Waals surface area contributed by atoms with Gasteiger partial charge in [0, 0.05) is 24.9 Å². The maximum absolute atomic E-state index is 10.9. The van der Waals surface area contributed by atoms with Crippen molar-refractivity contribution in [3.05, 3.63) is 29.6 Å². The Morgan fingerprint density at radius 3 is 3.00 bits per heavy atom. The van der Waals surface area contributed by atoms with Crippen LogP contribution in [0.25, 0.3) is 0 Å². The van der Waals surface area contributed by atoms with Gasteiger partial charge < -0.3 is 10.1 Å². The molecule has 0 aromatic carbocycles. The number of nitrogens with zero attached hydrogens (tertiary/aromatic N) is 2. The quantitative estimate of drug-likeness (QED) is 0.826. The second-order valence-electron chi connectivity index (χ2n) is 3.07. The molecule has 1 aromatic heterocycles. The molecule has 0 saturated heterocycles. The first-order chi connectivity index (χ1) is 7.76. The lowest BCUT2D eigenvalue weighted by Gasteiger charge is -2.04. The number of aromatic nitrogens is 1. The van der Waals surface area contributed by atoms with Gasteiger partial charge in [-0.3, -0.25) is 4.98 Å². The molecule has 0 unspecified atom stereocenters. The van der Waals surface area contributed by atoms with Crippen molar-refractivity contribution >= 4 is 6.09 Å². The van der Waals surface area contributed by atoms with Gasteiger partial charge in [0.05, 0.1) is 12.2 Å². The summed E-state index contributed by atoms with van der Waals surface area (Å²) in [5.74, 6) is 0. The van der Waals surface area contributed by atoms with Crippen LogP contribution in [0.2, 0.25) is 0 Å². The molecule has 0 aliphatic heterocycles. The fraction of sp³-hybridized carbons (Fsp3) is 0.364. The van der Waals surface area contributed by atoms with Crippen LogP contribution in [0.1, 0.15) is 18.2 Å². The van der Waals surface area contributed by atoms with E-state index in [0.29, 0.717) is 18.5 Å². The van der Waals surface area contributed by atoms with E-state index in [-0.39, 0.29) is 6.61 Å². The van der Waals surface area contributed by atoms with Crippen LogP contribution in [-0.4, -0.2) is 24.2 Å². The second-order valence-corrected chi connectivity index (χ2v) is 3.07. The number of alkyl carbamates (subject to hydrolysis) is 1. The van der Waals surface area contributed by atoms with E-state index in [1.54, 1.807) is 12.1 Å². The Labute approximate surface area is 94.1 Å². The van der Waals surface area contributed by atoms with Gasteiger partial charge in [0.15, 0.2) is 0 Å². The van der Waals surface area contributed by atoms with E-state index in [2.05, 4.69) is 10.3 Å². The molecule has 0 fully saturated rings. The number of nitrogens with one attached hydrogen (secondary N) is 1. The van der Waals surface area contributed by atoms with E-state index in [1.807, 2.05) is 13.0 Å². The van der Waals surface area contributed by atoms with Crippen LogP contribution in [-0.2, 0) is 11.2 Å². The molecule has 1 heterocycles. The summed E-state index contributed by atoms with van der Waals surface area (Å²) in [7, 11) is 0. The van der Waals surface area contributed by atoms with Crippen LogP contribution < -0.4 is 5.32 Å². The van der Waals surface area contributed by atoms with E-state index in [9.17, 15) is 4.79 Å². The van der Waals surface area contributed by atoms with Crippen molar-refractivity contribution in [2.75, 3.05) is 13.2 Å². The molecule has 1 aromatic rings. The second kappa shape index (κ2) is 6.40. The summed E-state index contributed by atoms with van der Waals surface area (Å²) >= 11 is 0. The minimum Gasteiger partial charge on any atom is -0.449 e. The zero-order chi connectivity index (χ0) is 11.8. The minimum atomic E-state index is -0.420. The van der Waals surface area contributed by atoms with Crippen molar-refractivity contribution in [3.63, 3.8) is 0 Å². The van der Waals surface area contributed by atoms with Gasteiger partial charge in [0.2, 0.25) is 0 Å². The topological polar surface area (TPSA) is 75.0 Å². The van der Waals surface area contributed by atoms with Gasteiger partial charge in [-0.1, -0.05) is 0 Å². The highest BCUT2D eigenvalue weighted by atomic mass is 16.5. The van der Waals surface area contributed by atoms with Crippen molar-refractivity contribution in [3.8, 4) is 6.07 Å². The summed E-state index contributed by atoms with van der Waals surface area (Å²) in [6, 6.07) is 5.43. The van der Waals surface area contributed by atoms with E-state index >= 15 is 0 Å². The van der Waals surface area contributed by atoms with Gasteiger partial charge in [-0.2, -0.15) is 5.26 Å². The number of rotatable bonds is 4. The highest BCUT2D eigenvalue weighted by Crippen LogP contribution is 1.99. The van der Waals surface area contributed by atoms with Crippen molar-refractivity contribution in [1.82, 2.24) is 10.3 Å². The van der Waals surface area contributed by atoms with Crippen LogP contribution in [0.15, 0.2) is 18.3 Å². The van der Waals surface area contributed by atoms with E-state index in [1.165, 1.54) is 6.20 Å². The summed E-state index contributed by atoms with van der Waals surface area (Å²) in [4.78, 5) is 15.0. The fourth-order valence-corrected chi connectivity index (χ4v) is 1.08. The maximum Gasteiger partial charge on any atom is 0.407 e. The summed E-state index contributed by atoms with van der Waals surface area (Å²) in [5.41, 5.74) is 1.32. The van der Waals surface area contributed by atoms with Crippen LogP contribution in [0.5, 0.6) is 0 Å². The standard InChI is InChI=1S/C11H13N3O2/c1-2-13-11(15)16-6-5-10-4-3-9(7-12)8-14-10/h3-4,8H,2,5-6H2,1H3,(H,13,15). The SMILES string of the molecule is CCNC(=O)OCCc1ccc(C#N)cn1. The Hall–Kier alpha value is -2.09. The lowest BCUT2D eigenvalue weighted by Crippen LogP contribution is -2.24. The van der Waals surface area contributed by atoms with Crippen LogP contribution in [0.3, 0.4) is 0 Å². The number of amides is 1. The van der Waals surface area contributed by atoms with Crippen LogP contribution in [0.4, 0.5) is 4.79 Å². The van der Waals surface area contributed by atoms with Gasteiger partial charge in [-0.05, 0) is 19.1 Å². The first-order valence-corrected chi connectivity index (χ1v) is 5.02. The molecule has 0 saturated carbocycles. The molecular weight excluding hydrogens is 206 g/mol. The molecule has 0 bridgehead atoms. The van der Waals surface area contributed by atoms with E-state index in [0.717, 1.165) is 5.69 Å². The van der Waals surface area contributed by atoms with Crippen LogP contribution >= 0.6 is 0 Å². The Balaban J connectivity index is 2.32. The summed E-state index contributed by atoms with van der Waals surface area (Å²) in [6.07, 6.45) is 1.63. The minimum absolute atomic E-state index is 0.282. The number of carbonyl (C=O) groups is 1. The zero-order valence-electron chi connectivity index (χ0n) is 9.06. The fourth-order valence-electron chi connectivity index (χ4n) is 1.08. The molecule has 0 aliphatic carbocycles. The Bertz CT molecular complexity index is 381. The third-order valence-corrected chi connectivity index (χ3v) is 1.87. The number of ether oxygens (including phenoxy) is 1. The Morgan fingerprint density at radius 1 is 1.62 bits per heavy atom. The Kier molecular flexibility index (Phi) is 4.80. The number of nitriles is 1. The molecular formula is C11H13N3O2. The zero-order valence-corrected chi connectivity index (χ0v) is 9.06. The molecule has 1 rings (SSSR count). The van der Waals surface area contributed by atoms with Crippen LogP contribution in [0, 0.1) is 11.3 Å². The molecule has 1 N–H and O–H groups in total. The number of hydrogen-bond donors (Lipinski definition) is 1. The number of hydrogen-bond acceptors (Lipinski definition) is 4. The van der Waals surface area contributed by atoms with Crippen molar-refractivity contribution in [1.29, 1.82) is 5.26 Å². The van der Waals surface area contributed by atoms with Crippen molar-refractivity contribution < 1.29 is 9.53 Å². The average Bonchev–Trinajstić information content (AvgIpc) is 2.30. The summed E-state index contributed by atoms with van der Waals surface area (Å²) in [5, 5.41) is 11.1. The third-order valence-electron chi connectivity index (χ3n) is 1.87. The molecule has 5 heteroatoms. The molecule has 0 aliphatic rings. The first-order valence-electron chi connectivity index (χ1n) is 5.02. The molecule has 84 valence electrons. The Morgan fingerprint density at radius 2 is 2.44 bits per heavy atom. The van der Waals surface area contributed by atoms with Gasteiger partial charge >= 0.3 is 6.09 Å². The van der Waals surface area contributed by atoms with Crippen molar-refractivity contribution in [2.45, 2.75) is 13.3 Å². The maximum atomic E-state index is 10.9. The first kappa shape index (κ1) is 12.0. The molecule has 0 atom stereocenters. The number of pyridine rings is 1. The van der Waals surface area contributed by atoms with Gasteiger partial charge in [-0.15, -0.1) is 0 Å². The molecule has 0 spiro atoms. The lowest BCUT2D eigenvalue weighted by atomic mass is 10.2. The molecule has 0 radical (unpaired) electrons. The van der Waals surface area contributed by atoms with Gasteiger partial charge in [-0.25, -0.2) is 4.79 Å². The molecule has 1 amide bonds. The average molecular weight is 219 g/mol. The molecule has 16 heavy (non-hydrogen) atoms. The monoisotopic (exact) mass is 219 g/mol. The largest absolute Gasteiger partial charge is 0.449 e. The summed E-state index contributed by atoms with van der Waals surface area (Å²) < 4.78 is 4.89. The van der Waals surface area contributed by atoms with Gasteiger partial charge in [0.1, 0.15) is 6.07 Å². The van der Waals surface area contributed by atoms with Gasteiger partial charge in [0.25, 0.3) is 0 Å². The lowest BCUT2D eigenvalue weighted by molar-refractivity contribution is 0.148. The normalized spacial score (nSPS) is 9.25. The van der Waals surface area contributed by atoms with E-state index in [4.69, 9.17) is 10.00 Å². The predicted octanol–water partition coefficient (Wildman–Crippen LogP) is 1.24. The molecule has 5 nitrogen and oxygen atoms in total. The highest BCUT2D eigenvalue weighted by molar-refractivity contribution is 5.66. The third kappa shape index (κ3) is 3.96. The summed E-state index contributed by atoms with van der Waals surface area (Å²) in [6.45, 7) is 2.65. The van der Waals surface area contributed by atoms with Crippen molar-refractivity contribution in [2.24, 2.45) is 0 Å². The highest BCUT2D eigenvalue weighted by Gasteiger charge is 2.00. The van der Waals surface area contributed by atoms with E-state index < -0.39 is 6.09 Å². The number of carbonyl (C=O) groups excluding carboxylic acids is 1. The predicted molar refractivity (Wildman–Crippen MR) is 57.7 cm³/mol. The smallest absolute Gasteiger partial charge is 0.407 e.